The Labute approximate surface area is 480 Å². The lowest BCUT2D eigenvalue weighted by molar-refractivity contribution is -0.137. The third-order valence-corrected chi connectivity index (χ3v) is 14.4. The van der Waals surface area contributed by atoms with Crippen molar-refractivity contribution in [3.63, 3.8) is 0 Å². The summed E-state index contributed by atoms with van der Waals surface area (Å²) in [6.45, 7) is 4.80. The molecule has 0 aliphatic carbocycles. The molecule has 0 spiro atoms. The van der Waals surface area contributed by atoms with E-state index >= 15 is 0 Å². The molecule has 7 amide bonds. The van der Waals surface area contributed by atoms with Crippen LogP contribution in [0.1, 0.15) is 130 Å². The Bertz CT molecular complexity index is 2240. The lowest BCUT2D eigenvalue weighted by Crippen LogP contribution is -2.57. The van der Waals surface area contributed by atoms with Gasteiger partial charge in [-0.15, -0.1) is 0 Å². The summed E-state index contributed by atoms with van der Waals surface area (Å²) in [5.74, 6) is -13.2. The molecule has 0 unspecified atom stereocenters. The number of hydrogen-bond acceptors (Lipinski definition) is 19. The van der Waals surface area contributed by atoms with Crippen LogP contribution in [-0.2, 0) is 59.2 Å². The first-order valence-corrected chi connectivity index (χ1v) is 28.7. The van der Waals surface area contributed by atoms with Crippen molar-refractivity contribution >= 4 is 64.5 Å². The number of ketones is 4. The molecular weight excluding hydrogens is 1060 g/mol. The Balaban J connectivity index is 2.68. The van der Waals surface area contributed by atoms with Crippen molar-refractivity contribution in [2.75, 3.05) is 39.3 Å². The molecule has 1 aromatic rings. The van der Waals surface area contributed by atoms with Crippen molar-refractivity contribution < 1.29 is 68.1 Å². The Kier molecular flexibility index (Phi) is 33.9. The average Bonchev–Trinajstić information content (AvgIpc) is 3.43. The third kappa shape index (κ3) is 25.2. The van der Waals surface area contributed by atoms with E-state index in [1.807, 2.05) is 6.92 Å². The van der Waals surface area contributed by atoms with E-state index in [0.29, 0.717) is 12.0 Å². The summed E-state index contributed by atoms with van der Waals surface area (Å²) in [5, 5.41) is 50.2. The zero-order chi connectivity index (χ0) is 61.5. The van der Waals surface area contributed by atoms with Crippen LogP contribution in [0.15, 0.2) is 30.3 Å². The van der Waals surface area contributed by atoms with Gasteiger partial charge in [-0.1, -0.05) is 56.5 Å². The van der Waals surface area contributed by atoms with Gasteiger partial charge in [-0.05, 0) is 110 Å². The third-order valence-electron chi connectivity index (χ3n) is 14.4. The molecule has 1 fully saturated rings. The second-order valence-electron chi connectivity index (χ2n) is 21.4. The van der Waals surface area contributed by atoms with E-state index in [9.17, 15) is 68.1 Å². The maximum atomic E-state index is 14.5. The quantitative estimate of drug-likeness (QED) is 0.0352. The summed E-state index contributed by atoms with van der Waals surface area (Å²) in [6.07, 6.45) is -3.67. The van der Waals surface area contributed by atoms with Crippen LogP contribution in [0.4, 0.5) is 0 Å². The number of hydrogen-bond donors (Lipinski definition) is 15. The molecule has 0 saturated carbocycles. The number of benzene rings is 1. The zero-order valence-electron chi connectivity index (χ0n) is 48.2. The average molecular weight is 1160 g/mol. The van der Waals surface area contributed by atoms with Crippen molar-refractivity contribution in [2.45, 2.75) is 185 Å². The van der Waals surface area contributed by atoms with Gasteiger partial charge in [0.1, 0.15) is 30.0 Å². The monoisotopic (exact) mass is 1160 g/mol. The summed E-state index contributed by atoms with van der Waals surface area (Å²) in [5.41, 5.74) is 30.0. The maximum Gasteiger partial charge on any atom is 0.245 e. The number of nitrogens with one attached hydrogen (secondary N) is 7. The number of Topliss-reactive ketones (excluding diaryl/α,β-unsaturated/α-hetero) is 4. The highest BCUT2D eigenvalue weighted by Gasteiger charge is 2.38. The summed E-state index contributed by atoms with van der Waals surface area (Å²) in [4.78, 5) is 153. The highest BCUT2D eigenvalue weighted by molar-refractivity contribution is 5.99. The van der Waals surface area contributed by atoms with Crippen LogP contribution in [-0.4, -0.2) is 174 Å². The lowest BCUT2D eigenvalue weighted by Gasteiger charge is -2.28. The highest BCUT2D eigenvalue weighted by Crippen LogP contribution is 2.20. The molecule has 462 valence electrons. The van der Waals surface area contributed by atoms with Gasteiger partial charge < -0.3 is 81.2 Å². The number of unbranched alkanes of at least 4 members (excludes halogenated alkanes) is 3. The fourth-order valence-electron chi connectivity index (χ4n) is 9.60. The van der Waals surface area contributed by atoms with Crippen molar-refractivity contribution in [3.05, 3.63) is 35.9 Å². The van der Waals surface area contributed by atoms with Crippen LogP contribution in [0.5, 0.6) is 0 Å². The van der Waals surface area contributed by atoms with Crippen LogP contribution in [0.25, 0.3) is 0 Å². The number of nitrogens with two attached hydrogens (primary N) is 5. The molecule has 26 heteroatoms. The van der Waals surface area contributed by atoms with Crippen LogP contribution >= 0.6 is 0 Å². The van der Waals surface area contributed by atoms with E-state index in [-0.39, 0.29) is 89.9 Å². The summed E-state index contributed by atoms with van der Waals surface area (Å²) in [7, 11) is 0. The molecule has 0 radical (unpaired) electrons. The summed E-state index contributed by atoms with van der Waals surface area (Å²) >= 11 is 0. The van der Waals surface area contributed by atoms with Gasteiger partial charge in [0, 0.05) is 62.3 Å². The first-order chi connectivity index (χ1) is 39.0. The molecule has 1 heterocycles. The van der Waals surface area contributed by atoms with Gasteiger partial charge in [0.2, 0.25) is 41.4 Å². The van der Waals surface area contributed by atoms with Gasteiger partial charge in [0.25, 0.3) is 0 Å². The van der Waals surface area contributed by atoms with Crippen molar-refractivity contribution in [3.8, 4) is 0 Å². The number of amides is 7. The minimum absolute atomic E-state index is 0.0539. The normalized spacial score (nSPS) is 23.5. The van der Waals surface area contributed by atoms with E-state index in [2.05, 4.69) is 37.2 Å². The standard InChI is InChI=1S/C56H94N12O14/c1-5-6-7-11-14-40(72)28-36(15-21-57)51(77)66-47(32(2)69)46(75)30-38(17-23-59)50(76)65-43-20-26-62-55(81)48(33(3)70)67-52(78)37(16-22-58)29-44(73)42(19-25-61)64-56(82)49(34(4)71)68-53(79)39(27-35-12-9-8-10-13-35)31-45(74)41(18-24-60)63-54(43)80/h8-10,12-13,32-34,36-39,41-43,47-49,69-71H,5-7,11,14-31,57-61H2,1-4H3,(H,62,81)(H,63,80)(H,64,82)(H,65,76)(H,66,77)(H,67,78)(H,68,79)/t32-,33-,34-,36-,37-,38+,39+,41+,42+,43+,47+,48+,49+/m1/s1. The minimum atomic E-state index is -1.69. The molecule has 1 saturated heterocycles. The fraction of sp³-hybridized carbons (Fsp3) is 0.696. The van der Waals surface area contributed by atoms with Crippen LogP contribution in [0.3, 0.4) is 0 Å². The second kappa shape index (κ2) is 38.6. The number of carbonyl (C=O) groups excluding carboxylic acids is 11. The van der Waals surface area contributed by atoms with Gasteiger partial charge in [-0.25, -0.2) is 0 Å². The van der Waals surface area contributed by atoms with Crippen molar-refractivity contribution in [1.82, 2.24) is 37.2 Å². The van der Waals surface area contributed by atoms with Crippen LogP contribution in [0, 0.1) is 23.7 Å². The molecule has 1 aliphatic heterocycles. The smallest absolute Gasteiger partial charge is 0.245 e. The molecule has 1 aliphatic rings. The molecule has 13 atom stereocenters. The number of aliphatic hydroxyl groups excluding tert-OH is 3. The maximum absolute atomic E-state index is 14.5. The predicted octanol–water partition coefficient (Wildman–Crippen LogP) is -3.18. The van der Waals surface area contributed by atoms with Gasteiger partial charge in [0.15, 0.2) is 17.3 Å². The first kappa shape index (κ1) is 72.0. The molecular formula is C56H94N12O14. The van der Waals surface area contributed by atoms with E-state index in [4.69, 9.17) is 28.7 Å². The molecule has 82 heavy (non-hydrogen) atoms. The van der Waals surface area contributed by atoms with Gasteiger partial charge in [-0.3, -0.25) is 52.7 Å². The van der Waals surface area contributed by atoms with Crippen LogP contribution in [0.2, 0.25) is 0 Å². The molecule has 1 aromatic carbocycles. The SMILES string of the molecule is CCCCCCC(=O)C[C@@H](CCN)C(=O)N[C@H](C(=O)C[C@H](CCN)C(=O)N[C@H]1CCNC(=O)[C@H]([C@@H](C)O)NC(=O)[C@H](CCN)CC(=O)[C@H](CCN)NC(=O)[C@H]([C@@H](C)O)NC(=O)[C@@H](Cc2ccccc2)CC(=O)[C@H](CCN)NC1=O)[C@@H](C)O. The summed E-state index contributed by atoms with van der Waals surface area (Å²) in [6, 6.07) is -0.716. The zero-order valence-corrected chi connectivity index (χ0v) is 48.2. The van der Waals surface area contributed by atoms with E-state index in [1.54, 1.807) is 30.3 Å². The molecule has 0 aromatic heterocycles. The van der Waals surface area contributed by atoms with E-state index < -0.39 is 169 Å². The van der Waals surface area contributed by atoms with E-state index in [1.165, 1.54) is 20.8 Å². The highest BCUT2D eigenvalue weighted by atomic mass is 16.3. The van der Waals surface area contributed by atoms with Crippen molar-refractivity contribution in [1.29, 1.82) is 0 Å². The first-order valence-electron chi connectivity index (χ1n) is 28.7. The molecule has 2 rings (SSSR count). The Hall–Kier alpha value is -6.13. The molecule has 0 bridgehead atoms. The lowest BCUT2D eigenvalue weighted by atomic mass is 9.90. The summed E-state index contributed by atoms with van der Waals surface area (Å²) < 4.78 is 0. The van der Waals surface area contributed by atoms with Gasteiger partial charge in [0.05, 0.1) is 30.4 Å². The number of carbonyl (C=O) groups is 11. The molecule has 26 nitrogen and oxygen atoms in total. The van der Waals surface area contributed by atoms with Gasteiger partial charge in [-0.2, -0.15) is 0 Å². The van der Waals surface area contributed by atoms with Crippen LogP contribution < -0.4 is 65.9 Å². The van der Waals surface area contributed by atoms with E-state index in [0.717, 1.165) is 19.3 Å². The van der Waals surface area contributed by atoms with Crippen molar-refractivity contribution in [2.24, 2.45) is 52.3 Å². The topological polar surface area (TPSA) is 463 Å². The number of rotatable bonds is 29. The van der Waals surface area contributed by atoms with Gasteiger partial charge >= 0.3 is 0 Å². The Morgan fingerprint density at radius 1 is 0.610 bits per heavy atom. The number of aliphatic hydroxyl groups is 3. The minimum Gasteiger partial charge on any atom is -0.391 e. The Morgan fingerprint density at radius 2 is 1.13 bits per heavy atom. The predicted molar refractivity (Wildman–Crippen MR) is 304 cm³/mol. The second-order valence-corrected chi connectivity index (χ2v) is 21.4. The fourth-order valence-corrected chi connectivity index (χ4v) is 9.60. The molecule has 20 N–H and O–H groups in total. The largest absolute Gasteiger partial charge is 0.391 e. The Morgan fingerprint density at radius 3 is 1.66 bits per heavy atom.